The molecule has 4 aromatic rings. The van der Waals surface area contributed by atoms with Crippen LogP contribution in [0.4, 0.5) is 10.8 Å². The molecule has 5 rings (SSSR count). The highest BCUT2D eigenvalue weighted by molar-refractivity contribution is 8.93. The van der Waals surface area contributed by atoms with Crippen LogP contribution in [0.2, 0.25) is 0 Å². The highest BCUT2D eigenvalue weighted by Crippen LogP contribution is 2.32. The van der Waals surface area contributed by atoms with E-state index >= 15 is 0 Å². The van der Waals surface area contributed by atoms with Crippen molar-refractivity contribution in [1.82, 2.24) is 10.4 Å². The van der Waals surface area contributed by atoms with Gasteiger partial charge >= 0.3 is 0 Å². The Hall–Kier alpha value is -2.90. The number of rotatable bonds is 3. The predicted octanol–water partition coefficient (Wildman–Crippen LogP) is 4.98. The van der Waals surface area contributed by atoms with Crippen LogP contribution in [-0.4, -0.2) is 10.8 Å². The van der Waals surface area contributed by atoms with Crippen molar-refractivity contribution < 1.29 is 0 Å². The van der Waals surface area contributed by atoms with Crippen molar-refractivity contribution in [3.63, 3.8) is 0 Å². The minimum absolute atomic E-state index is 0. The number of nitrogens with zero attached hydrogens (tertiary/aromatic N) is 4. The number of amidine groups is 1. The molecule has 0 spiro atoms. The van der Waals surface area contributed by atoms with Crippen molar-refractivity contribution in [2.75, 3.05) is 10.2 Å². The molecule has 1 aliphatic rings. The Kier molecular flexibility index (Phi) is 4.79. The molecule has 1 aliphatic heterocycles. The fourth-order valence-electron chi connectivity index (χ4n) is 2.84. The van der Waals surface area contributed by atoms with Crippen LogP contribution in [0, 0.1) is 0 Å². The molecule has 134 valence electrons. The van der Waals surface area contributed by atoms with Crippen LogP contribution >= 0.6 is 28.3 Å². The second kappa shape index (κ2) is 7.38. The molecule has 0 saturated carbocycles. The van der Waals surface area contributed by atoms with E-state index in [0.717, 1.165) is 32.4 Å². The fourth-order valence-corrected chi connectivity index (χ4v) is 3.76. The number of nitrogens with one attached hydrogen (secondary N) is 1. The van der Waals surface area contributed by atoms with Gasteiger partial charge in [-0.2, -0.15) is 0 Å². The average molecular weight is 438 g/mol. The third kappa shape index (κ3) is 3.27. The Bertz CT molecular complexity index is 1050. The number of fused-ring (bicyclic) bond motifs is 1. The summed E-state index contributed by atoms with van der Waals surface area (Å²) < 4.78 is 1.14. The van der Waals surface area contributed by atoms with Crippen molar-refractivity contribution in [2.45, 2.75) is 0 Å². The first kappa shape index (κ1) is 17.5. The standard InChI is InChI=1S/C20H15N5S.BrH/c1-3-9-15(10-4-1)19-22-24(16-11-5-2-6-12-16)25(23-19)20-21-17-13-7-8-14-18(17)26-20;/h1-14H,(H,22,23);1H. The van der Waals surface area contributed by atoms with E-state index in [1.807, 2.05) is 89.1 Å². The van der Waals surface area contributed by atoms with E-state index in [2.05, 4.69) is 11.5 Å². The third-order valence-corrected chi connectivity index (χ3v) is 5.11. The quantitative estimate of drug-likeness (QED) is 0.490. The summed E-state index contributed by atoms with van der Waals surface area (Å²) in [4.78, 5) is 4.77. The van der Waals surface area contributed by atoms with Crippen molar-refractivity contribution in [3.05, 3.63) is 90.5 Å². The van der Waals surface area contributed by atoms with Crippen LogP contribution in [0.25, 0.3) is 10.2 Å². The van der Waals surface area contributed by atoms with Crippen molar-refractivity contribution in [3.8, 4) is 0 Å². The largest absolute Gasteiger partial charge is 0.256 e. The molecule has 5 nitrogen and oxygen atoms in total. The van der Waals surface area contributed by atoms with Crippen LogP contribution < -0.4 is 15.7 Å². The van der Waals surface area contributed by atoms with Gasteiger partial charge in [0, 0.05) is 5.56 Å². The number of para-hydroxylation sites is 2. The molecule has 0 aliphatic carbocycles. The first-order chi connectivity index (χ1) is 12.9. The van der Waals surface area contributed by atoms with Gasteiger partial charge in [0.2, 0.25) is 5.13 Å². The molecule has 7 heteroatoms. The van der Waals surface area contributed by atoms with Gasteiger partial charge in [0.1, 0.15) is 0 Å². The SMILES string of the molecule is Br.c1ccc(C2=NN(c3ccccc3)N(c3nc4ccccc4s3)N2)cc1. The zero-order valence-electron chi connectivity index (χ0n) is 14.2. The maximum atomic E-state index is 4.79. The number of hydrazone groups is 1. The second-order valence-corrected chi connectivity index (χ2v) is 6.84. The van der Waals surface area contributed by atoms with Crippen LogP contribution in [0.1, 0.15) is 5.56 Å². The first-order valence-electron chi connectivity index (χ1n) is 8.30. The van der Waals surface area contributed by atoms with Gasteiger partial charge in [-0.05, 0) is 24.3 Å². The van der Waals surface area contributed by atoms with E-state index in [9.17, 15) is 0 Å². The van der Waals surface area contributed by atoms with E-state index in [4.69, 9.17) is 10.1 Å². The fraction of sp³-hybridized carbons (Fsp3) is 0. The topological polar surface area (TPSA) is 43.8 Å². The van der Waals surface area contributed by atoms with E-state index < -0.39 is 0 Å². The highest BCUT2D eigenvalue weighted by atomic mass is 79.9. The molecule has 27 heavy (non-hydrogen) atoms. The van der Waals surface area contributed by atoms with Gasteiger partial charge in [0.05, 0.1) is 15.9 Å². The molecule has 0 bridgehead atoms. The predicted molar refractivity (Wildman–Crippen MR) is 117 cm³/mol. The maximum Gasteiger partial charge on any atom is 0.228 e. The monoisotopic (exact) mass is 437 g/mol. The molecule has 0 saturated heterocycles. The molecule has 1 aromatic heterocycles. The van der Waals surface area contributed by atoms with Crippen LogP contribution in [-0.2, 0) is 0 Å². The van der Waals surface area contributed by atoms with Crippen molar-refractivity contribution >= 4 is 55.2 Å². The Morgan fingerprint density at radius 2 is 1.44 bits per heavy atom. The number of hydrazine groups is 2. The Morgan fingerprint density at radius 3 is 2.19 bits per heavy atom. The van der Waals surface area contributed by atoms with E-state index in [1.54, 1.807) is 11.3 Å². The van der Waals surface area contributed by atoms with Gasteiger partial charge in [-0.3, -0.25) is 5.43 Å². The minimum Gasteiger partial charge on any atom is -0.256 e. The highest BCUT2D eigenvalue weighted by Gasteiger charge is 2.28. The van der Waals surface area contributed by atoms with Crippen molar-refractivity contribution in [2.24, 2.45) is 5.10 Å². The Balaban J connectivity index is 0.00000180. The molecule has 2 heterocycles. The lowest BCUT2D eigenvalue weighted by Gasteiger charge is -2.25. The van der Waals surface area contributed by atoms with Gasteiger partial charge in [0.15, 0.2) is 5.84 Å². The molecule has 0 fully saturated rings. The number of benzene rings is 3. The second-order valence-electron chi connectivity index (χ2n) is 5.83. The number of hydrogen-bond acceptors (Lipinski definition) is 6. The summed E-state index contributed by atoms with van der Waals surface area (Å²) in [6, 6.07) is 28.3. The number of aromatic nitrogens is 1. The van der Waals surface area contributed by atoms with Crippen molar-refractivity contribution in [1.29, 1.82) is 0 Å². The summed E-state index contributed by atoms with van der Waals surface area (Å²) in [5.74, 6) is 0.786. The molecule has 3 aromatic carbocycles. The Labute approximate surface area is 171 Å². The summed E-state index contributed by atoms with van der Waals surface area (Å²) in [7, 11) is 0. The summed E-state index contributed by atoms with van der Waals surface area (Å²) in [5.41, 5.74) is 6.36. The third-order valence-electron chi connectivity index (χ3n) is 4.09. The maximum absolute atomic E-state index is 4.79. The molecular weight excluding hydrogens is 422 g/mol. The normalized spacial score (nSPS) is 13.3. The van der Waals surface area contributed by atoms with Crippen LogP contribution in [0.3, 0.4) is 0 Å². The van der Waals surface area contributed by atoms with E-state index in [-0.39, 0.29) is 17.0 Å². The zero-order valence-corrected chi connectivity index (χ0v) is 16.7. The average Bonchev–Trinajstić information content (AvgIpc) is 3.33. The number of thiazole rings is 1. The first-order valence-corrected chi connectivity index (χ1v) is 9.12. The van der Waals surface area contributed by atoms with E-state index in [0.29, 0.717) is 0 Å². The molecule has 0 atom stereocenters. The molecule has 0 amide bonds. The summed E-state index contributed by atoms with van der Waals surface area (Å²) in [6.45, 7) is 0. The lowest BCUT2D eigenvalue weighted by Crippen LogP contribution is -2.44. The molecule has 0 unspecified atom stereocenters. The number of halogens is 1. The van der Waals surface area contributed by atoms with Gasteiger partial charge < -0.3 is 0 Å². The lowest BCUT2D eigenvalue weighted by atomic mass is 10.2. The van der Waals surface area contributed by atoms with Gasteiger partial charge in [0.25, 0.3) is 0 Å². The zero-order chi connectivity index (χ0) is 17.3. The summed E-state index contributed by atoms with van der Waals surface area (Å²) >= 11 is 1.63. The number of anilines is 2. The summed E-state index contributed by atoms with van der Waals surface area (Å²) in [6.07, 6.45) is 0. The van der Waals surface area contributed by atoms with E-state index in [1.165, 1.54) is 0 Å². The smallest absolute Gasteiger partial charge is 0.228 e. The summed E-state index contributed by atoms with van der Waals surface area (Å²) in [5, 5.41) is 9.36. The minimum atomic E-state index is 0. The van der Waals surface area contributed by atoms with Gasteiger partial charge in [-0.25, -0.2) is 4.98 Å². The van der Waals surface area contributed by atoms with Crippen LogP contribution in [0.5, 0.6) is 0 Å². The lowest BCUT2D eigenvalue weighted by molar-refractivity contribution is 0.768. The number of hydrogen-bond donors (Lipinski definition) is 1. The van der Waals surface area contributed by atoms with Crippen LogP contribution in [0.15, 0.2) is 90.0 Å². The van der Waals surface area contributed by atoms with Gasteiger partial charge in [-0.15, -0.1) is 32.3 Å². The van der Waals surface area contributed by atoms with Gasteiger partial charge in [-0.1, -0.05) is 72.0 Å². The molecular formula is C20H16BrN5S. The molecule has 1 N–H and O–H groups in total. The Morgan fingerprint density at radius 1 is 0.778 bits per heavy atom. The molecule has 0 radical (unpaired) electrons.